The first-order valence-electron chi connectivity index (χ1n) is 6.05. The summed E-state index contributed by atoms with van der Waals surface area (Å²) in [6.45, 7) is 0. The summed E-state index contributed by atoms with van der Waals surface area (Å²) < 4.78 is 14.0. The van der Waals surface area contributed by atoms with Gasteiger partial charge in [0.05, 0.1) is 11.3 Å². The van der Waals surface area contributed by atoms with E-state index in [4.69, 9.17) is 11.6 Å². The van der Waals surface area contributed by atoms with E-state index in [-0.39, 0.29) is 28.4 Å². The first-order chi connectivity index (χ1) is 10.4. The third kappa shape index (κ3) is 3.80. The van der Waals surface area contributed by atoms with E-state index in [2.05, 4.69) is 21.2 Å². The Hall–Kier alpha value is -1.99. The maximum Gasteiger partial charge on any atom is 0.293 e. The number of nitro benzene ring substituents is 1. The molecule has 2 aromatic carbocycles. The topological polar surface area (TPSA) is 72.2 Å². The Labute approximate surface area is 138 Å². The molecule has 0 aliphatic rings. The molecule has 0 atom stereocenters. The van der Waals surface area contributed by atoms with E-state index in [1.165, 1.54) is 24.3 Å². The molecule has 0 aliphatic heterocycles. The van der Waals surface area contributed by atoms with Crippen molar-refractivity contribution >= 4 is 44.8 Å². The minimum atomic E-state index is -0.608. The van der Waals surface area contributed by atoms with Crippen molar-refractivity contribution in [1.82, 2.24) is 0 Å². The van der Waals surface area contributed by atoms with Gasteiger partial charge in [0.1, 0.15) is 11.5 Å². The third-order valence-corrected chi connectivity index (χ3v) is 3.71. The van der Waals surface area contributed by atoms with Crippen molar-refractivity contribution in [3.05, 3.63) is 67.4 Å². The molecule has 0 spiro atoms. The average molecular weight is 388 g/mol. The fraction of sp³-hybridized carbons (Fsp3) is 0.0714. The minimum Gasteiger partial charge on any atom is -0.319 e. The van der Waals surface area contributed by atoms with Crippen LogP contribution in [0.3, 0.4) is 0 Å². The Morgan fingerprint density at radius 1 is 1.36 bits per heavy atom. The van der Waals surface area contributed by atoms with Crippen LogP contribution < -0.4 is 5.32 Å². The maximum atomic E-state index is 13.7. The number of anilines is 1. The van der Waals surface area contributed by atoms with Gasteiger partial charge < -0.3 is 5.32 Å². The zero-order valence-corrected chi connectivity index (χ0v) is 13.3. The summed E-state index contributed by atoms with van der Waals surface area (Å²) in [4.78, 5) is 22.3. The molecular formula is C14H9BrClFN2O3. The molecule has 0 heterocycles. The first-order valence-corrected chi connectivity index (χ1v) is 7.22. The number of rotatable bonds is 4. The summed E-state index contributed by atoms with van der Waals surface area (Å²) in [6, 6.07) is 8.27. The fourth-order valence-electron chi connectivity index (χ4n) is 1.81. The van der Waals surface area contributed by atoms with Gasteiger partial charge in [-0.25, -0.2) is 4.39 Å². The molecule has 1 amide bonds. The molecule has 2 aromatic rings. The van der Waals surface area contributed by atoms with Gasteiger partial charge in [0.2, 0.25) is 5.91 Å². The minimum absolute atomic E-state index is 0.0341. The van der Waals surface area contributed by atoms with Gasteiger partial charge in [-0.2, -0.15) is 0 Å². The highest BCUT2D eigenvalue weighted by atomic mass is 79.9. The number of carbonyl (C=O) groups is 1. The predicted octanol–water partition coefficient (Wildman–Crippen LogP) is 4.33. The smallest absolute Gasteiger partial charge is 0.293 e. The van der Waals surface area contributed by atoms with Gasteiger partial charge in [-0.1, -0.05) is 23.7 Å². The van der Waals surface area contributed by atoms with Crippen molar-refractivity contribution in [2.75, 3.05) is 5.32 Å². The van der Waals surface area contributed by atoms with Gasteiger partial charge in [0.15, 0.2) is 0 Å². The van der Waals surface area contributed by atoms with E-state index in [9.17, 15) is 19.3 Å². The summed E-state index contributed by atoms with van der Waals surface area (Å²) >= 11 is 8.78. The fourth-order valence-corrected chi connectivity index (χ4v) is 2.42. The monoisotopic (exact) mass is 386 g/mol. The average Bonchev–Trinajstić information content (AvgIpc) is 2.44. The van der Waals surface area contributed by atoms with Crippen LogP contribution in [0.15, 0.2) is 40.9 Å². The lowest BCUT2D eigenvalue weighted by molar-refractivity contribution is -0.384. The highest BCUT2D eigenvalue weighted by Crippen LogP contribution is 2.32. The lowest BCUT2D eigenvalue weighted by Gasteiger charge is -2.08. The molecule has 0 fully saturated rings. The molecule has 22 heavy (non-hydrogen) atoms. The third-order valence-electron chi connectivity index (χ3n) is 2.82. The molecule has 0 radical (unpaired) electrons. The number of benzene rings is 2. The van der Waals surface area contributed by atoms with Gasteiger partial charge in [-0.05, 0) is 39.7 Å². The van der Waals surface area contributed by atoms with Crippen LogP contribution >= 0.6 is 27.5 Å². The quantitative estimate of drug-likeness (QED) is 0.627. The van der Waals surface area contributed by atoms with Gasteiger partial charge in [0.25, 0.3) is 5.69 Å². The van der Waals surface area contributed by atoms with Crippen molar-refractivity contribution in [3.8, 4) is 0 Å². The number of hydrogen-bond donors (Lipinski definition) is 1. The standard InChI is InChI=1S/C14H9BrClFN2O3/c15-10-2-1-3-12(19(21)22)14(10)18-13(20)6-8-4-5-9(16)7-11(8)17/h1-5,7H,6H2,(H,18,20). The van der Waals surface area contributed by atoms with Crippen LogP contribution in [0.25, 0.3) is 0 Å². The van der Waals surface area contributed by atoms with Gasteiger partial charge in [-0.3, -0.25) is 14.9 Å². The summed E-state index contributed by atoms with van der Waals surface area (Å²) in [7, 11) is 0. The highest BCUT2D eigenvalue weighted by Gasteiger charge is 2.19. The number of amides is 1. The van der Waals surface area contributed by atoms with Crippen molar-refractivity contribution < 1.29 is 14.1 Å². The lowest BCUT2D eigenvalue weighted by Crippen LogP contribution is -2.16. The maximum absolute atomic E-state index is 13.7. The van der Waals surface area contributed by atoms with Crippen LogP contribution in [-0.4, -0.2) is 10.8 Å². The van der Waals surface area contributed by atoms with E-state index in [0.29, 0.717) is 4.47 Å². The number of halogens is 3. The molecular weight excluding hydrogens is 379 g/mol. The second-order valence-corrected chi connectivity index (χ2v) is 5.64. The van der Waals surface area contributed by atoms with Gasteiger partial charge >= 0.3 is 0 Å². The summed E-state index contributed by atoms with van der Waals surface area (Å²) in [5.41, 5.74) is -0.0669. The van der Waals surface area contributed by atoms with Crippen LogP contribution in [-0.2, 0) is 11.2 Å². The van der Waals surface area contributed by atoms with Crippen LogP contribution in [0.1, 0.15) is 5.56 Å². The number of carbonyl (C=O) groups excluding carboxylic acids is 1. The number of para-hydroxylation sites is 1. The molecule has 0 bridgehead atoms. The molecule has 8 heteroatoms. The molecule has 0 aliphatic carbocycles. The molecule has 0 aromatic heterocycles. The van der Waals surface area contributed by atoms with E-state index in [1.807, 2.05) is 0 Å². The van der Waals surface area contributed by atoms with E-state index in [1.54, 1.807) is 6.07 Å². The zero-order chi connectivity index (χ0) is 16.3. The van der Waals surface area contributed by atoms with Crippen LogP contribution in [0, 0.1) is 15.9 Å². The molecule has 5 nitrogen and oxygen atoms in total. The van der Waals surface area contributed by atoms with Crippen molar-refractivity contribution in [2.45, 2.75) is 6.42 Å². The Morgan fingerprint density at radius 3 is 2.73 bits per heavy atom. The summed E-state index contributed by atoms with van der Waals surface area (Å²) in [5, 5.41) is 13.6. The van der Waals surface area contributed by atoms with Crippen molar-refractivity contribution in [2.24, 2.45) is 0 Å². The molecule has 1 N–H and O–H groups in total. The van der Waals surface area contributed by atoms with E-state index < -0.39 is 16.6 Å². The second-order valence-electron chi connectivity index (χ2n) is 4.35. The molecule has 0 unspecified atom stereocenters. The van der Waals surface area contributed by atoms with E-state index in [0.717, 1.165) is 6.07 Å². The van der Waals surface area contributed by atoms with Crippen LogP contribution in [0.5, 0.6) is 0 Å². The largest absolute Gasteiger partial charge is 0.319 e. The predicted molar refractivity (Wildman–Crippen MR) is 84.5 cm³/mol. The Bertz CT molecular complexity index is 755. The second kappa shape index (κ2) is 6.85. The summed E-state index contributed by atoms with van der Waals surface area (Å²) in [6.07, 6.45) is -0.262. The van der Waals surface area contributed by atoms with Crippen LogP contribution in [0.4, 0.5) is 15.8 Å². The van der Waals surface area contributed by atoms with Crippen LogP contribution in [0.2, 0.25) is 5.02 Å². The highest BCUT2D eigenvalue weighted by molar-refractivity contribution is 9.10. The molecule has 0 saturated carbocycles. The Morgan fingerprint density at radius 2 is 2.09 bits per heavy atom. The van der Waals surface area contributed by atoms with Crippen molar-refractivity contribution in [1.29, 1.82) is 0 Å². The Kier molecular flexibility index (Phi) is 5.10. The SMILES string of the molecule is O=C(Cc1ccc(Cl)cc1F)Nc1c(Br)cccc1[N+](=O)[O-]. The normalized spacial score (nSPS) is 10.3. The summed E-state index contributed by atoms with van der Waals surface area (Å²) in [5.74, 6) is -1.18. The molecule has 2 rings (SSSR count). The number of nitro groups is 1. The van der Waals surface area contributed by atoms with Crippen molar-refractivity contribution in [3.63, 3.8) is 0 Å². The first kappa shape index (κ1) is 16.4. The van der Waals surface area contributed by atoms with E-state index >= 15 is 0 Å². The lowest BCUT2D eigenvalue weighted by atomic mass is 10.1. The molecule has 0 saturated heterocycles. The van der Waals surface area contributed by atoms with Gasteiger partial charge in [-0.15, -0.1) is 0 Å². The number of hydrogen-bond acceptors (Lipinski definition) is 3. The molecule has 114 valence electrons. The number of nitrogens with one attached hydrogen (secondary N) is 1. The number of nitrogens with zero attached hydrogens (tertiary/aromatic N) is 1. The van der Waals surface area contributed by atoms with Gasteiger partial charge in [0, 0.05) is 15.6 Å². The zero-order valence-electron chi connectivity index (χ0n) is 11.0. The Balaban J connectivity index is 2.21.